The second-order valence-corrected chi connectivity index (χ2v) is 4.63. The van der Waals surface area contributed by atoms with Crippen molar-refractivity contribution >= 4 is 34.3 Å². The molecule has 0 amide bonds. The van der Waals surface area contributed by atoms with E-state index in [1.807, 2.05) is 17.8 Å². The number of aromatic amines is 1. The molecule has 0 unspecified atom stereocenters. The lowest BCUT2D eigenvalue weighted by Gasteiger charge is -1.94. The van der Waals surface area contributed by atoms with Crippen molar-refractivity contribution in [2.75, 3.05) is 11.6 Å². The minimum Gasteiger partial charge on any atom is -0.350 e. The molecule has 1 heterocycles. The Morgan fingerprint density at radius 1 is 1.29 bits per heavy atom. The zero-order valence-corrected chi connectivity index (χ0v) is 9.37. The number of alkyl halides is 1. The van der Waals surface area contributed by atoms with Crippen LogP contribution in [-0.2, 0) is 0 Å². The second kappa shape index (κ2) is 4.76. The van der Waals surface area contributed by atoms with Crippen molar-refractivity contribution in [3.8, 4) is 0 Å². The summed E-state index contributed by atoms with van der Waals surface area (Å²) in [4.78, 5) is 3.37. The van der Waals surface area contributed by atoms with Crippen LogP contribution in [0.5, 0.6) is 0 Å². The number of para-hydroxylation sites is 1. The summed E-state index contributed by atoms with van der Waals surface area (Å²) >= 11 is 7.45. The van der Waals surface area contributed by atoms with E-state index in [4.69, 9.17) is 11.6 Å². The maximum Gasteiger partial charge on any atom is 0.0732 e. The predicted molar refractivity (Wildman–Crippen MR) is 64.4 cm³/mol. The van der Waals surface area contributed by atoms with Gasteiger partial charge in [0, 0.05) is 22.5 Å². The molecule has 74 valence electrons. The Morgan fingerprint density at radius 3 is 2.93 bits per heavy atom. The van der Waals surface area contributed by atoms with Crippen molar-refractivity contribution in [3.63, 3.8) is 0 Å². The quantitative estimate of drug-likeness (QED) is 0.474. The molecule has 0 aliphatic heterocycles. The van der Waals surface area contributed by atoms with Crippen LogP contribution in [-0.4, -0.2) is 16.6 Å². The summed E-state index contributed by atoms with van der Waals surface area (Å²) in [5.74, 6) is 1.82. The van der Waals surface area contributed by atoms with Gasteiger partial charge in [0.2, 0.25) is 0 Å². The van der Waals surface area contributed by atoms with Gasteiger partial charge in [0.1, 0.15) is 0 Å². The minimum absolute atomic E-state index is 0.743. The van der Waals surface area contributed by atoms with E-state index in [-0.39, 0.29) is 0 Å². The first kappa shape index (κ1) is 9.94. The topological polar surface area (TPSA) is 15.8 Å². The maximum absolute atomic E-state index is 5.62. The molecule has 0 atom stereocenters. The summed E-state index contributed by atoms with van der Waals surface area (Å²) in [7, 11) is 0. The zero-order valence-electron chi connectivity index (χ0n) is 7.79. The van der Waals surface area contributed by atoms with Crippen LogP contribution in [0.2, 0.25) is 0 Å². The number of hydrogen-bond donors (Lipinski definition) is 1. The standard InChI is InChI=1S/C11H12ClNS/c12-6-3-7-14-11-8-9-4-1-2-5-10(9)13-11/h1-2,4-5,8,13H,3,6-7H2. The molecule has 1 aromatic heterocycles. The molecule has 1 nitrogen and oxygen atoms in total. The van der Waals surface area contributed by atoms with Crippen LogP contribution in [0.15, 0.2) is 35.4 Å². The summed E-state index contributed by atoms with van der Waals surface area (Å²) in [5, 5.41) is 2.51. The first-order valence-electron chi connectivity index (χ1n) is 4.66. The lowest BCUT2D eigenvalue weighted by atomic mass is 10.3. The van der Waals surface area contributed by atoms with E-state index >= 15 is 0 Å². The molecule has 0 aliphatic carbocycles. The highest BCUT2D eigenvalue weighted by atomic mass is 35.5. The van der Waals surface area contributed by atoms with Gasteiger partial charge in [0.15, 0.2) is 0 Å². The van der Waals surface area contributed by atoms with Gasteiger partial charge in [-0.15, -0.1) is 23.4 Å². The van der Waals surface area contributed by atoms with Crippen LogP contribution in [0.1, 0.15) is 6.42 Å². The fourth-order valence-corrected chi connectivity index (χ4v) is 2.55. The number of thioether (sulfide) groups is 1. The Kier molecular flexibility index (Phi) is 3.38. The van der Waals surface area contributed by atoms with Gasteiger partial charge in [-0.05, 0) is 18.6 Å². The van der Waals surface area contributed by atoms with E-state index < -0.39 is 0 Å². The molecule has 3 heteroatoms. The van der Waals surface area contributed by atoms with Crippen molar-refractivity contribution in [1.82, 2.24) is 4.98 Å². The highest BCUT2D eigenvalue weighted by Gasteiger charge is 1.99. The summed E-state index contributed by atoms with van der Waals surface area (Å²) in [6.07, 6.45) is 1.06. The van der Waals surface area contributed by atoms with Gasteiger partial charge >= 0.3 is 0 Å². The van der Waals surface area contributed by atoms with E-state index in [1.165, 1.54) is 15.9 Å². The highest BCUT2D eigenvalue weighted by molar-refractivity contribution is 7.99. The average molecular weight is 226 g/mol. The third kappa shape index (κ3) is 2.25. The van der Waals surface area contributed by atoms with Crippen LogP contribution in [0.25, 0.3) is 10.9 Å². The summed E-state index contributed by atoms with van der Waals surface area (Å²) < 4.78 is 0. The van der Waals surface area contributed by atoms with Gasteiger partial charge in [-0.3, -0.25) is 0 Å². The molecule has 1 aromatic carbocycles. The number of nitrogens with one attached hydrogen (secondary N) is 1. The zero-order chi connectivity index (χ0) is 9.80. The van der Waals surface area contributed by atoms with E-state index in [1.54, 1.807) is 0 Å². The van der Waals surface area contributed by atoms with Crippen molar-refractivity contribution < 1.29 is 0 Å². The Hall–Kier alpha value is -0.600. The van der Waals surface area contributed by atoms with Gasteiger partial charge in [0.05, 0.1) is 5.03 Å². The molecule has 1 N–H and O–H groups in total. The number of benzene rings is 1. The fourth-order valence-electron chi connectivity index (χ4n) is 1.36. The molecule has 0 saturated carbocycles. The van der Waals surface area contributed by atoms with Crippen LogP contribution < -0.4 is 0 Å². The van der Waals surface area contributed by atoms with Crippen LogP contribution in [0.3, 0.4) is 0 Å². The van der Waals surface area contributed by atoms with E-state index in [0.29, 0.717) is 0 Å². The normalized spacial score (nSPS) is 10.9. The summed E-state index contributed by atoms with van der Waals surface area (Å²) in [6, 6.07) is 10.5. The SMILES string of the molecule is ClCCCSc1cc2ccccc2[nH]1. The Morgan fingerprint density at radius 2 is 2.14 bits per heavy atom. The maximum atomic E-state index is 5.62. The third-order valence-electron chi connectivity index (χ3n) is 2.04. The lowest BCUT2D eigenvalue weighted by Crippen LogP contribution is -1.80. The van der Waals surface area contributed by atoms with Crippen LogP contribution in [0, 0.1) is 0 Å². The van der Waals surface area contributed by atoms with Crippen LogP contribution >= 0.6 is 23.4 Å². The predicted octanol–water partition coefficient (Wildman–Crippen LogP) is 3.89. The van der Waals surface area contributed by atoms with Crippen molar-refractivity contribution in [2.24, 2.45) is 0 Å². The summed E-state index contributed by atoms with van der Waals surface area (Å²) in [6.45, 7) is 0. The molecule has 0 fully saturated rings. The van der Waals surface area contributed by atoms with Crippen LogP contribution in [0.4, 0.5) is 0 Å². The summed E-state index contributed by atoms with van der Waals surface area (Å²) in [5.41, 5.74) is 1.21. The van der Waals surface area contributed by atoms with E-state index in [9.17, 15) is 0 Å². The molecule has 0 bridgehead atoms. The molecular weight excluding hydrogens is 214 g/mol. The van der Waals surface area contributed by atoms with Crippen molar-refractivity contribution in [1.29, 1.82) is 0 Å². The Bertz CT molecular complexity index is 377. The highest BCUT2D eigenvalue weighted by Crippen LogP contribution is 2.23. The van der Waals surface area contributed by atoms with Crippen molar-refractivity contribution in [3.05, 3.63) is 30.3 Å². The molecule has 0 saturated heterocycles. The molecule has 0 radical (unpaired) electrons. The molecule has 0 aliphatic rings. The van der Waals surface area contributed by atoms with Crippen molar-refractivity contribution in [2.45, 2.75) is 11.4 Å². The first-order valence-corrected chi connectivity index (χ1v) is 6.18. The number of rotatable bonds is 4. The minimum atomic E-state index is 0.743. The first-order chi connectivity index (χ1) is 6.90. The van der Waals surface area contributed by atoms with E-state index in [0.717, 1.165) is 18.1 Å². The van der Waals surface area contributed by atoms with Gasteiger partial charge in [-0.1, -0.05) is 18.2 Å². The third-order valence-corrected chi connectivity index (χ3v) is 3.33. The van der Waals surface area contributed by atoms with Gasteiger partial charge in [-0.25, -0.2) is 0 Å². The number of fused-ring (bicyclic) bond motifs is 1. The number of halogens is 1. The van der Waals surface area contributed by atoms with Gasteiger partial charge in [-0.2, -0.15) is 0 Å². The molecule has 14 heavy (non-hydrogen) atoms. The monoisotopic (exact) mass is 225 g/mol. The second-order valence-electron chi connectivity index (χ2n) is 3.11. The molecule has 2 aromatic rings. The number of hydrogen-bond acceptors (Lipinski definition) is 1. The largest absolute Gasteiger partial charge is 0.350 e. The molecule has 2 rings (SSSR count). The molecular formula is C11H12ClNS. The smallest absolute Gasteiger partial charge is 0.0732 e. The Balaban J connectivity index is 2.11. The Labute approximate surface area is 92.8 Å². The average Bonchev–Trinajstić information content (AvgIpc) is 2.60. The fraction of sp³-hybridized carbons (Fsp3) is 0.273. The molecule has 0 spiro atoms. The van der Waals surface area contributed by atoms with Gasteiger partial charge < -0.3 is 4.98 Å². The van der Waals surface area contributed by atoms with E-state index in [2.05, 4.69) is 29.2 Å². The lowest BCUT2D eigenvalue weighted by molar-refractivity contribution is 1.11. The van der Waals surface area contributed by atoms with Gasteiger partial charge in [0.25, 0.3) is 0 Å². The number of H-pyrrole nitrogens is 1. The number of aromatic nitrogens is 1.